The van der Waals surface area contributed by atoms with E-state index in [0.29, 0.717) is 5.76 Å². The summed E-state index contributed by atoms with van der Waals surface area (Å²) in [5.74, 6) is 1.31. The second-order valence-corrected chi connectivity index (χ2v) is 9.00. The van der Waals surface area contributed by atoms with E-state index in [-0.39, 0.29) is 6.04 Å². The molecule has 162 valence electrons. The Morgan fingerprint density at radius 1 is 0.853 bits per heavy atom. The third-order valence-corrected chi connectivity index (χ3v) is 6.84. The molecule has 1 unspecified atom stereocenters. The number of aryl methyl sites for hydroxylation is 1. The summed E-state index contributed by atoms with van der Waals surface area (Å²) < 4.78 is 5.97. The molecule has 1 atom stereocenters. The van der Waals surface area contributed by atoms with Crippen LogP contribution in [0.15, 0.2) is 107 Å². The zero-order valence-corrected chi connectivity index (χ0v) is 18.7. The molecular weight excluding hydrogens is 416 g/mol. The molecule has 3 aliphatic rings. The van der Waals surface area contributed by atoms with Crippen LogP contribution in [0.1, 0.15) is 23.1 Å². The first-order valence-electron chi connectivity index (χ1n) is 11.7. The largest absolute Gasteiger partial charge is 0.456 e. The number of allylic oxidation sites excluding steroid dienone is 2. The number of benzene rings is 4. The van der Waals surface area contributed by atoms with Crippen molar-refractivity contribution in [2.45, 2.75) is 18.9 Å². The molecule has 3 nitrogen and oxygen atoms in total. The Morgan fingerprint density at radius 3 is 2.68 bits per heavy atom. The number of nitrogens with zero attached hydrogens (tertiary/aromatic N) is 2. The van der Waals surface area contributed by atoms with Crippen LogP contribution in [0.5, 0.6) is 5.75 Å². The second kappa shape index (κ2) is 7.39. The van der Waals surface area contributed by atoms with Gasteiger partial charge in [-0.25, -0.2) is 4.99 Å². The maximum absolute atomic E-state index is 5.97. The molecule has 0 fully saturated rings. The number of aliphatic imine (C=N–C) groups is 2. The van der Waals surface area contributed by atoms with Crippen LogP contribution in [0.3, 0.4) is 0 Å². The Morgan fingerprint density at radius 2 is 1.71 bits per heavy atom. The van der Waals surface area contributed by atoms with Crippen LogP contribution in [0.2, 0.25) is 0 Å². The Hall–Kier alpha value is -4.24. The summed E-state index contributed by atoms with van der Waals surface area (Å²) in [5, 5.41) is 4.76. The van der Waals surface area contributed by atoms with Crippen molar-refractivity contribution in [2.75, 3.05) is 0 Å². The van der Waals surface area contributed by atoms with Gasteiger partial charge in [-0.3, -0.25) is 4.99 Å². The van der Waals surface area contributed by atoms with Crippen LogP contribution >= 0.6 is 0 Å². The van der Waals surface area contributed by atoms with Crippen molar-refractivity contribution in [1.82, 2.24) is 0 Å². The molecular formula is C31H22N2O. The molecule has 4 aromatic rings. The average molecular weight is 439 g/mol. The van der Waals surface area contributed by atoms with Gasteiger partial charge in [-0.05, 0) is 70.0 Å². The monoisotopic (exact) mass is 438 g/mol. The van der Waals surface area contributed by atoms with Gasteiger partial charge in [0.15, 0.2) is 5.75 Å². The molecule has 2 aliphatic heterocycles. The maximum Gasteiger partial charge on any atom is 0.153 e. The topological polar surface area (TPSA) is 34.0 Å². The molecule has 0 saturated carbocycles. The summed E-state index contributed by atoms with van der Waals surface area (Å²) in [4.78, 5) is 9.93. The summed E-state index contributed by atoms with van der Waals surface area (Å²) in [6.45, 7) is 4.05. The van der Waals surface area contributed by atoms with E-state index in [9.17, 15) is 0 Å². The molecule has 1 aliphatic carbocycles. The Kier molecular flexibility index (Phi) is 4.18. The molecule has 0 N–H and O–H groups in total. The van der Waals surface area contributed by atoms with E-state index in [1.807, 2.05) is 30.4 Å². The van der Waals surface area contributed by atoms with Crippen molar-refractivity contribution in [2.24, 2.45) is 9.98 Å². The van der Waals surface area contributed by atoms with Crippen LogP contribution in [0.4, 0.5) is 5.69 Å². The van der Waals surface area contributed by atoms with Crippen LogP contribution in [0, 0.1) is 0 Å². The van der Waals surface area contributed by atoms with Gasteiger partial charge in [0, 0.05) is 5.39 Å². The zero-order chi connectivity index (χ0) is 22.6. The normalized spacial score (nSPS) is 20.9. The van der Waals surface area contributed by atoms with Crippen molar-refractivity contribution >= 4 is 44.7 Å². The predicted molar refractivity (Wildman–Crippen MR) is 142 cm³/mol. The van der Waals surface area contributed by atoms with Crippen molar-refractivity contribution in [3.63, 3.8) is 0 Å². The van der Waals surface area contributed by atoms with E-state index in [0.717, 1.165) is 52.0 Å². The van der Waals surface area contributed by atoms with Gasteiger partial charge in [0.2, 0.25) is 0 Å². The number of hydrogen-bond acceptors (Lipinski definition) is 3. The molecule has 2 heterocycles. The Balaban J connectivity index is 1.30. The van der Waals surface area contributed by atoms with Crippen LogP contribution in [-0.2, 0) is 6.42 Å². The molecule has 3 heteroatoms. The third kappa shape index (κ3) is 3.12. The van der Waals surface area contributed by atoms with Gasteiger partial charge in [-0.2, -0.15) is 0 Å². The highest BCUT2D eigenvalue weighted by Crippen LogP contribution is 2.39. The lowest BCUT2D eigenvalue weighted by Crippen LogP contribution is -2.12. The second-order valence-electron chi connectivity index (χ2n) is 9.00. The lowest BCUT2D eigenvalue weighted by molar-refractivity contribution is 0.448. The molecule has 4 aromatic carbocycles. The van der Waals surface area contributed by atoms with Gasteiger partial charge in [-0.15, -0.1) is 0 Å². The fourth-order valence-electron chi connectivity index (χ4n) is 5.05. The lowest BCUT2D eigenvalue weighted by Gasteiger charge is -2.15. The Labute approximate surface area is 198 Å². The average Bonchev–Trinajstić information content (AvgIpc) is 3.66. The number of ether oxygens (including phenoxy) is 1. The minimum absolute atomic E-state index is 0.0542. The predicted octanol–water partition coefficient (Wildman–Crippen LogP) is 7.36. The van der Waals surface area contributed by atoms with Crippen molar-refractivity contribution in [3.8, 4) is 5.75 Å². The first kappa shape index (κ1) is 19.2. The smallest absolute Gasteiger partial charge is 0.153 e. The minimum atomic E-state index is -0.0542. The summed E-state index contributed by atoms with van der Waals surface area (Å²) in [6.07, 6.45) is 10.6. The third-order valence-electron chi connectivity index (χ3n) is 6.84. The van der Waals surface area contributed by atoms with Gasteiger partial charge in [0.05, 0.1) is 11.4 Å². The standard InChI is InChI=1S/C31H22N2O/c1-19-10-16-27(32-30-25-9-5-3-7-21(25)15-17-28(30)34-19)31-29(33-31)23-14-13-22-12-11-20-6-2-4-8-24(20)26(22)18-23/h3-5,7-18,31H,1-2,6H2/b16-10-,32-27+. The molecule has 0 aromatic heterocycles. The van der Waals surface area contributed by atoms with E-state index in [2.05, 4.69) is 67.3 Å². The summed E-state index contributed by atoms with van der Waals surface area (Å²) in [7, 11) is 0. The van der Waals surface area contributed by atoms with Crippen molar-refractivity contribution < 1.29 is 4.74 Å². The highest BCUT2D eigenvalue weighted by molar-refractivity contribution is 6.30. The quantitative estimate of drug-likeness (QED) is 0.322. The molecule has 0 spiro atoms. The SMILES string of the molecule is C=C1/C=C\C(C2N=C2c2ccc3ccc4c(c3c2)C=CCC4)=N/c2c(ccc3ccccc23)O1. The van der Waals surface area contributed by atoms with Crippen LogP contribution in [0.25, 0.3) is 27.6 Å². The van der Waals surface area contributed by atoms with Crippen molar-refractivity contribution in [1.29, 1.82) is 0 Å². The van der Waals surface area contributed by atoms with E-state index in [1.165, 1.54) is 21.9 Å². The van der Waals surface area contributed by atoms with E-state index in [4.69, 9.17) is 14.7 Å². The highest BCUT2D eigenvalue weighted by atomic mass is 16.5. The summed E-state index contributed by atoms with van der Waals surface area (Å²) in [5.41, 5.74) is 6.76. The molecule has 34 heavy (non-hydrogen) atoms. The zero-order valence-electron chi connectivity index (χ0n) is 18.7. The maximum atomic E-state index is 5.97. The number of rotatable bonds is 2. The molecule has 0 amide bonds. The van der Waals surface area contributed by atoms with Crippen LogP contribution < -0.4 is 4.74 Å². The van der Waals surface area contributed by atoms with Crippen molar-refractivity contribution in [3.05, 3.63) is 114 Å². The highest BCUT2D eigenvalue weighted by Gasteiger charge is 2.34. The van der Waals surface area contributed by atoms with E-state index >= 15 is 0 Å². The fraction of sp³-hybridized carbons (Fsp3) is 0.0968. The minimum Gasteiger partial charge on any atom is -0.456 e. The van der Waals surface area contributed by atoms with E-state index < -0.39 is 0 Å². The number of fused-ring (bicyclic) bond motifs is 6. The lowest BCUT2D eigenvalue weighted by atomic mass is 9.91. The summed E-state index contributed by atoms with van der Waals surface area (Å²) in [6, 6.07) is 23.4. The van der Waals surface area contributed by atoms with Gasteiger partial charge in [0.1, 0.15) is 17.5 Å². The van der Waals surface area contributed by atoms with Gasteiger partial charge < -0.3 is 4.74 Å². The Bertz CT molecular complexity index is 1650. The molecule has 0 radical (unpaired) electrons. The van der Waals surface area contributed by atoms with Gasteiger partial charge in [-0.1, -0.05) is 73.3 Å². The first-order valence-corrected chi connectivity index (χ1v) is 11.7. The molecule has 7 rings (SSSR count). The fourth-order valence-corrected chi connectivity index (χ4v) is 5.05. The molecule has 0 saturated heterocycles. The molecule has 0 bridgehead atoms. The van der Waals surface area contributed by atoms with Gasteiger partial charge >= 0.3 is 0 Å². The first-order chi connectivity index (χ1) is 16.7. The number of hydrogen-bond donors (Lipinski definition) is 0. The van der Waals surface area contributed by atoms with E-state index in [1.54, 1.807) is 0 Å². The van der Waals surface area contributed by atoms with Crippen LogP contribution in [-0.4, -0.2) is 17.5 Å². The van der Waals surface area contributed by atoms with Gasteiger partial charge in [0.25, 0.3) is 0 Å². The summed E-state index contributed by atoms with van der Waals surface area (Å²) >= 11 is 0.